The second kappa shape index (κ2) is 4.91. The van der Waals surface area contributed by atoms with Gasteiger partial charge in [-0.3, -0.25) is 5.43 Å². The first-order chi connectivity index (χ1) is 9.96. The number of aliphatic hydroxyl groups is 1. The second-order valence-corrected chi connectivity index (χ2v) is 6.21. The highest BCUT2D eigenvalue weighted by molar-refractivity contribution is 5.74. The molecule has 1 aromatic rings. The first kappa shape index (κ1) is 14.2. The summed E-state index contributed by atoms with van der Waals surface area (Å²) < 4.78 is 5.60. The first-order valence-corrected chi connectivity index (χ1v) is 7.54. The Balaban J connectivity index is 1.89. The quantitative estimate of drug-likeness (QED) is 0.878. The van der Waals surface area contributed by atoms with Crippen molar-refractivity contribution in [2.75, 3.05) is 5.43 Å². The van der Waals surface area contributed by atoms with Crippen LogP contribution < -0.4 is 5.43 Å². The van der Waals surface area contributed by atoms with Gasteiger partial charge >= 0.3 is 6.09 Å². The van der Waals surface area contributed by atoms with E-state index in [0.717, 1.165) is 30.5 Å². The van der Waals surface area contributed by atoms with Crippen LogP contribution in [0.3, 0.4) is 0 Å². The largest absolute Gasteiger partial charge is 0.436 e. The van der Waals surface area contributed by atoms with Crippen molar-refractivity contribution in [3.63, 3.8) is 0 Å². The normalized spacial score (nSPS) is 27.8. The maximum absolute atomic E-state index is 12.3. The van der Waals surface area contributed by atoms with Crippen molar-refractivity contribution >= 4 is 11.8 Å². The van der Waals surface area contributed by atoms with Gasteiger partial charge in [0.25, 0.3) is 0 Å². The zero-order chi connectivity index (χ0) is 15.1. The minimum atomic E-state index is -1.35. The summed E-state index contributed by atoms with van der Waals surface area (Å²) in [5.74, 6) is 0. The smallest absolute Gasteiger partial charge is 0.432 e. The van der Waals surface area contributed by atoms with Gasteiger partial charge in [-0.25, -0.2) is 4.79 Å². The van der Waals surface area contributed by atoms with Crippen LogP contribution in [0.1, 0.15) is 44.6 Å². The minimum absolute atomic E-state index is 0.509. The molecule has 1 heterocycles. The van der Waals surface area contributed by atoms with Crippen molar-refractivity contribution in [3.8, 4) is 0 Å². The number of ether oxygens (including phenoxy) is 1. The number of hydrogen-bond acceptors (Lipinski definition) is 4. The Morgan fingerprint density at radius 1 is 1.24 bits per heavy atom. The number of amides is 1. The van der Waals surface area contributed by atoms with Gasteiger partial charge in [0, 0.05) is 0 Å². The van der Waals surface area contributed by atoms with Gasteiger partial charge in [-0.05, 0) is 51.2 Å². The van der Waals surface area contributed by atoms with Crippen molar-refractivity contribution in [1.82, 2.24) is 5.01 Å². The molecule has 2 N–H and O–H groups in total. The van der Waals surface area contributed by atoms with E-state index in [9.17, 15) is 9.90 Å². The van der Waals surface area contributed by atoms with Gasteiger partial charge in [0.1, 0.15) is 0 Å². The maximum atomic E-state index is 12.3. The van der Waals surface area contributed by atoms with E-state index >= 15 is 0 Å². The predicted octanol–water partition coefficient (Wildman–Crippen LogP) is 3.19. The van der Waals surface area contributed by atoms with Crippen LogP contribution in [-0.4, -0.2) is 27.5 Å². The number of carbonyl (C=O) groups is 1. The third kappa shape index (κ3) is 2.16. The molecular formula is C16H22N2O3. The molecule has 21 heavy (non-hydrogen) atoms. The molecule has 1 unspecified atom stereocenters. The van der Waals surface area contributed by atoms with Crippen molar-refractivity contribution in [1.29, 1.82) is 0 Å². The molecule has 5 heteroatoms. The molecular weight excluding hydrogens is 268 g/mol. The van der Waals surface area contributed by atoms with E-state index < -0.39 is 17.4 Å². The van der Waals surface area contributed by atoms with E-state index in [2.05, 4.69) is 5.43 Å². The molecule has 1 saturated carbocycles. The molecule has 2 aliphatic rings. The SMILES string of the molecule is Cc1ccccc1NN1C(=O)OC2(CCCCC2)C1(C)O. The fourth-order valence-electron chi connectivity index (χ4n) is 3.36. The third-order valence-electron chi connectivity index (χ3n) is 4.80. The van der Waals surface area contributed by atoms with E-state index in [0.29, 0.717) is 12.8 Å². The molecule has 1 saturated heterocycles. The van der Waals surface area contributed by atoms with Gasteiger partial charge in [-0.15, -0.1) is 0 Å². The lowest BCUT2D eigenvalue weighted by atomic mass is 9.78. The van der Waals surface area contributed by atoms with Gasteiger partial charge < -0.3 is 9.84 Å². The molecule has 1 aromatic carbocycles. The number of carbonyl (C=O) groups excluding carboxylic acids is 1. The number of hydrogen-bond donors (Lipinski definition) is 2. The third-order valence-corrected chi connectivity index (χ3v) is 4.80. The van der Waals surface area contributed by atoms with Gasteiger partial charge in [-0.2, -0.15) is 5.01 Å². The van der Waals surface area contributed by atoms with E-state index in [1.54, 1.807) is 6.92 Å². The molecule has 1 amide bonds. The Kier molecular flexibility index (Phi) is 3.32. The fourth-order valence-corrected chi connectivity index (χ4v) is 3.36. The summed E-state index contributed by atoms with van der Waals surface area (Å²) in [4.78, 5) is 12.3. The Hall–Kier alpha value is -1.75. The highest BCUT2D eigenvalue weighted by Gasteiger charge is 2.62. The molecule has 1 aliphatic carbocycles. The van der Waals surface area contributed by atoms with Crippen LogP contribution in [-0.2, 0) is 4.74 Å². The molecule has 5 nitrogen and oxygen atoms in total. The van der Waals surface area contributed by atoms with Crippen LogP contribution in [0, 0.1) is 6.92 Å². The van der Waals surface area contributed by atoms with Crippen LogP contribution in [0.15, 0.2) is 24.3 Å². The summed E-state index contributed by atoms with van der Waals surface area (Å²) in [5, 5.41) is 12.2. The summed E-state index contributed by atoms with van der Waals surface area (Å²) in [6, 6.07) is 7.66. The zero-order valence-electron chi connectivity index (χ0n) is 12.6. The molecule has 2 fully saturated rings. The lowest BCUT2D eigenvalue weighted by Gasteiger charge is -2.41. The van der Waals surface area contributed by atoms with Crippen LogP contribution >= 0.6 is 0 Å². The van der Waals surface area contributed by atoms with Gasteiger partial charge in [0.15, 0.2) is 11.3 Å². The Morgan fingerprint density at radius 2 is 1.90 bits per heavy atom. The Morgan fingerprint density at radius 3 is 2.57 bits per heavy atom. The van der Waals surface area contributed by atoms with Gasteiger partial charge in [-0.1, -0.05) is 24.6 Å². The highest BCUT2D eigenvalue weighted by atomic mass is 16.6. The predicted molar refractivity (Wildman–Crippen MR) is 79.6 cm³/mol. The maximum Gasteiger partial charge on any atom is 0.432 e. The number of para-hydroxylation sites is 1. The zero-order valence-corrected chi connectivity index (χ0v) is 12.6. The van der Waals surface area contributed by atoms with Crippen molar-refractivity contribution in [2.45, 2.75) is 57.3 Å². The van der Waals surface area contributed by atoms with Crippen LogP contribution in [0.5, 0.6) is 0 Å². The first-order valence-electron chi connectivity index (χ1n) is 7.54. The van der Waals surface area contributed by atoms with E-state index in [-0.39, 0.29) is 0 Å². The molecule has 0 radical (unpaired) electrons. The van der Waals surface area contributed by atoms with E-state index in [1.165, 1.54) is 5.01 Å². The average Bonchev–Trinajstić information content (AvgIpc) is 2.62. The average molecular weight is 290 g/mol. The molecule has 0 aromatic heterocycles. The number of rotatable bonds is 2. The monoisotopic (exact) mass is 290 g/mol. The molecule has 1 spiro atoms. The number of nitrogens with one attached hydrogen (secondary N) is 1. The molecule has 1 aliphatic heterocycles. The van der Waals surface area contributed by atoms with Gasteiger partial charge in [0.2, 0.25) is 0 Å². The van der Waals surface area contributed by atoms with Crippen LogP contribution in [0.25, 0.3) is 0 Å². The fraction of sp³-hybridized carbons (Fsp3) is 0.562. The highest BCUT2D eigenvalue weighted by Crippen LogP contribution is 2.46. The topological polar surface area (TPSA) is 61.8 Å². The second-order valence-electron chi connectivity index (χ2n) is 6.21. The Labute approximate surface area is 124 Å². The van der Waals surface area contributed by atoms with Crippen molar-refractivity contribution in [2.24, 2.45) is 0 Å². The van der Waals surface area contributed by atoms with E-state index in [1.807, 2.05) is 31.2 Å². The number of nitrogens with zero attached hydrogens (tertiary/aromatic N) is 1. The molecule has 0 bridgehead atoms. The van der Waals surface area contributed by atoms with Gasteiger partial charge in [0.05, 0.1) is 5.69 Å². The lowest BCUT2D eigenvalue weighted by molar-refractivity contribution is -0.154. The summed E-state index contributed by atoms with van der Waals surface area (Å²) >= 11 is 0. The molecule has 114 valence electrons. The van der Waals surface area contributed by atoms with Crippen molar-refractivity contribution < 1.29 is 14.6 Å². The Bertz CT molecular complexity index is 550. The standard InChI is InChI=1S/C16H22N2O3/c1-12-8-4-5-9-13(12)17-18-14(19)21-16(15(18,2)20)10-6-3-7-11-16/h4-5,8-9,17,20H,3,6-7,10-11H2,1-2H3. The molecule has 1 atom stereocenters. The number of aryl methyl sites for hydroxylation is 1. The summed E-state index contributed by atoms with van der Waals surface area (Å²) in [6.45, 7) is 3.61. The number of hydrazine groups is 1. The van der Waals surface area contributed by atoms with Crippen LogP contribution in [0.2, 0.25) is 0 Å². The molecule has 3 rings (SSSR count). The summed E-state index contributed by atoms with van der Waals surface area (Å²) in [6.07, 6.45) is 3.98. The summed E-state index contributed by atoms with van der Waals surface area (Å²) in [7, 11) is 0. The van der Waals surface area contributed by atoms with Crippen LogP contribution in [0.4, 0.5) is 10.5 Å². The van der Waals surface area contributed by atoms with E-state index in [4.69, 9.17) is 4.74 Å². The minimum Gasteiger partial charge on any atom is -0.436 e. The lowest BCUT2D eigenvalue weighted by Crippen LogP contribution is -2.58. The summed E-state index contributed by atoms with van der Waals surface area (Å²) in [5.41, 5.74) is 2.68. The number of benzene rings is 1. The number of anilines is 1. The van der Waals surface area contributed by atoms with Crippen molar-refractivity contribution in [3.05, 3.63) is 29.8 Å².